The van der Waals surface area contributed by atoms with E-state index < -0.39 is 28.6 Å². The molecule has 4 aromatic rings. The third-order valence-corrected chi connectivity index (χ3v) is 10.4. The van der Waals surface area contributed by atoms with Gasteiger partial charge in [-0.05, 0) is 37.1 Å². The van der Waals surface area contributed by atoms with Crippen LogP contribution in [0.4, 0.5) is 13.2 Å². The van der Waals surface area contributed by atoms with Crippen molar-refractivity contribution in [3.8, 4) is 0 Å². The van der Waals surface area contributed by atoms with Crippen LogP contribution in [0.25, 0.3) is 0 Å². The van der Waals surface area contributed by atoms with Crippen molar-refractivity contribution in [2.24, 2.45) is 0 Å². The van der Waals surface area contributed by atoms with Gasteiger partial charge in [-0.3, -0.25) is 4.90 Å². The Morgan fingerprint density at radius 3 is 0.971 bits per heavy atom. The Hall–Kier alpha value is -2.51. The summed E-state index contributed by atoms with van der Waals surface area (Å²) in [5.74, 6) is 0. The Morgan fingerprint density at radius 2 is 0.735 bits per heavy atom. The van der Waals surface area contributed by atoms with Gasteiger partial charge in [0.2, 0.25) is 0 Å². The number of alkyl halides is 3. The number of hydrogen-bond donors (Lipinski definition) is 0. The van der Waals surface area contributed by atoms with Crippen LogP contribution in [0.1, 0.15) is 0 Å². The Labute approximate surface area is 201 Å². The molecule has 0 aliphatic rings. The average Bonchev–Trinajstić information content (AvgIpc) is 2.87. The molecule has 0 saturated carbocycles. The molecule has 4 rings (SSSR count). The number of hydrogen-bond acceptors (Lipinski definition) is 1. The molecule has 0 aliphatic heterocycles. The maximum absolute atomic E-state index is 13.8. The standard InChI is InChI=1S/C28H26F3NP2/c29-28(30,31)21-32(22-33(24-13-5-1-6-14-24)25-15-7-2-8-16-25)23-34(26-17-9-3-10-18-26)27-19-11-4-12-20-27/h1-20H,21-23H2. The van der Waals surface area contributed by atoms with Gasteiger partial charge in [-0.15, -0.1) is 0 Å². The number of rotatable bonds is 9. The molecule has 174 valence electrons. The predicted octanol–water partition coefficient (Wildman–Crippen LogP) is 6.03. The van der Waals surface area contributed by atoms with Crippen LogP contribution in [0, 0.1) is 0 Å². The van der Waals surface area contributed by atoms with Gasteiger partial charge in [0.1, 0.15) is 0 Å². The fourth-order valence-electron chi connectivity index (χ4n) is 3.85. The largest absolute Gasteiger partial charge is 0.401 e. The lowest BCUT2D eigenvalue weighted by molar-refractivity contribution is -0.141. The van der Waals surface area contributed by atoms with E-state index in [1.165, 1.54) is 0 Å². The van der Waals surface area contributed by atoms with Crippen molar-refractivity contribution in [1.82, 2.24) is 4.90 Å². The van der Waals surface area contributed by atoms with E-state index in [1.54, 1.807) is 4.90 Å². The number of nitrogens with zero attached hydrogens (tertiary/aromatic N) is 1. The molecule has 0 bridgehead atoms. The van der Waals surface area contributed by atoms with Gasteiger partial charge in [0, 0.05) is 12.6 Å². The molecule has 4 aromatic carbocycles. The van der Waals surface area contributed by atoms with Crippen LogP contribution in [0.5, 0.6) is 0 Å². The van der Waals surface area contributed by atoms with E-state index >= 15 is 0 Å². The van der Waals surface area contributed by atoms with Crippen LogP contribution < -0.4 is 21.2 Å². The van der Waals surface area contributed by atoms with Crippen LogP contribution in [-0.2, 0) is 0 Å². The summed E-state index contributed by atoms with van der Waals surface area (Å²) in [6.45, 7) is -0.927. The van der Waals surface area contributed by atoms with Crippen LogP contribution in [0.2, 0.25) is 0 Å². The molecule has 0 amide bonds. The normalized spacial score (nSPS) is 11.9. The smallest absolute Gasteiger partial charge is 0.285 e. The third kappa shape index (κ3) is 7.00. The summed E-state index contributed by atoms with van der Waals surface area (Å²) in [6.07, 6.45) is -3.58. The van der Waals surface area contributed by atoms with Gasteiger partial charge < -0.3 is 0 Å². The van der Waals surface area contributed by atoms with Crippen molar-refractivity contribution in [2.45, 2.75) is 6.18 Å². The maximum atomic E-state index is 13.8. The molecule has 34 heavy (non-hydrogen) atoms. The van der Waals surface area contributed by atoms with Crippen molar-refractivity contribution in [3.63, 3.8) is 0 Å². The third-order valence-electron chi connectivity index (χ3n) is 5.36. The summed E-state index contributed by atoms with van der Waals surface area (Å²) in [4.78, 5) is 1.62. The summed E-state index contributed by atoms with van der Waals surface area (Å²) in [5.41, 5.74) is 0. The summed E-state index contributed by atoms with van der Waals surface area (Å²) < 4.78 is 41.4. The first kappa shape index (κ1) is 24.6. The van der Waals surface area contributed by atoms with Gasteiger partial charge in [0.25, 0.3) is 0 Å². The topological polar surface area (TPSA) is 3.24 Å². The fourth-order valence-corrected chi connectivity index (χ4v) is 8.59. The minimum atomic E-state index is -4.28. The van der Waals surface area contributed by atoms with Gasteiger partial charge in [-0.2, -0.15) is 13.2 Å². The van der Waals surface area contributed by atoms with E-state index in [0.717, 1.165) is 21.2 Å². The highest BCUT2D eigenvalue weighted by atomic mass is 31.1. The molecule has 0 radical (unpaired) electrons. The maximum Gasteiger partial charge on any atom is 0.401 e. The Morgan fingerprint density at radius 1 is 0.471 bits per heavy atom. The molecule has 0 saturated heterocycles. The molecule has 0 fully saturated rings. The van der Waals surface area contributed by atoms with Gasteiger partial charge in [-0.1, -0.05) is 121 Å². The first-order valence-corrected chi connectivity index (χ1v) is 14.1. The van der Waals surface area contributed by atoms with Gasteiger partial charge >= 0.3 is 6.18 Å². The van der Waals surface area contributed by atoms with Crippen molar-refractivity contribution >= 4 is 37.1 Å². The highest BCUT2D eigenvalue weighted by Gasteiger charge is 2.33. The lowest BCUT2D eigenvalue weighted by Crippen LogP contribution is -2.38. The molecular formula is C28H26F3NP2. The van der Waals surface area contributed by atoms with Gasteiger partial charge in [-0.25, -0.2) is 0 Å². The van der Waals surface area contributed by atoms with E-state index in [-0.39, 0.29) is 0 Å². The second kappa shape index (κ2) is 11.8. The van der Waals surface area contributed by atoms with Crippen LogP contribution in [0.15, 0.2) is 121 Å². The average molecular weight is 495 g/mol. The van der Waals surface area contributed by atoms with E-state index in [0.29, 0.717) is 12.6 Å². The van der Waals surface area contributed by atoms with Gasteiger partial charge in [0.15, 0.2) is 0 Å². The second-order valence-corrected chi connectivity index (χ2v) is 12.3. The molecule has 0 aliphatic carbocycles. The monoisotopic (exact) mass is 495 g/mol. The number of halogens is 3. The van der Waals surface area contributed by atoms with Crippen molar-refractivity contribution in [1.29, 1.82) is 0 Å². The van der Waals surface area contributed by atoms with Crippen LogP contribution in [0.3, 0.4) is 0 Å². The van der Waals surface area contributed by atoms with Crippen molar-refractivity contribution < 1.29 is 13.2 Å². The molecule has 0 spiro atoms. The Balaban J connectivity index is 1.70. The summed E-state index contributed by atoms with van der Waals surface area (Å²) in [6, 6.07) is 39.7. The minimum Gasteiger partial charge on any atom is -0.285 e. The van der Waals surface area contributed by atoms with E-state index in [9.17, 15) is 13.2 Å². The summed E-state index contributed by atoms with van der Waals surface area (Å²) in [5, 5.41) is 4.33. The SMILES string of the molecule is FC(F)(F)CN(CP(c1ccccc1)c1ccccc1)CP(c1ccccc1)c1ccccc1. The highest BCUT2D eigenvalue weighted by molar-refractivity contribution is 7.73. The Bertz CT molecular complexity index is 960. The zero-order valence-corrected chi connectivity index (χ0v) is 20.4. The predicted molar refractivity (Wildman–Crippen MR) is 141 cm³/mol. The zero-order valence-electron chi connectivity index (χ0n) is 18.6. The first-order valence-electron chi connectivity index (χ1n) is 11.0. The second-order valence-electron chi connectivity index (χ2n) is 7.93. The molecule has 6 heteroatoms. The van der Waals surface area contributed by atoms with Crippen LogP contribution in [-0.4, -0.2) is 30.2 Å². The van der Waals surface area contributed by atoms with Crippen LogP contribution >= 0.6 is 15.8 Å². The van der Waals surface area contributed by atoms with E-state index in [4.69, 9.17) is 0 Å². The zero-order chi connectivity index (χ0) is 23.8. The number of benzene rings is 4. The van der Waals surface area contributed by atoms with Gasteiger partial charge in [0.05, 0.1) is 6.54 Å². The lowest BCUT2D eigenvalue weighted by Gasteiger charge is -2.32. The molecular weight excluding hydrogens is 469 g/mol. The molecule has 0 unspecified atom stereocenters. The first-order chi connectivity index (χ1) is 16.5. The summed E-state index contributed by atoms with van der Waals surface area (Å²) >= 11 is 0. The van der Waals surface area contributed by atoms with Crippen molar-refractivity contribution in [2.75, 3.05) is 19.1 Å². The Kier molecular flexibility index (Phi) is 8.51. The lowest BCUT2D eigenvalue weighted by atomic mass is 10.4. The molecule has 0 heterocycles. The summed E-state index contributed by atoms with van der Waals surface area (Å²) in [7, 11) is -1.95. The van der Waals surface area contributed by atoms with E-state index in [1.807, 2.05) is 121 Å². The molecule has 1 nitrogen and oxygen atoms in total. The molecule has 0 atom stereocenters. The minimum absolute atomic E-state index is 0.349. The molecule has 0 aromatic heterocycles. The quantitative estimate of drug-likeness (QED) is 0.256. The highest BCUT2D eigenvalue weighted by Crippen LogP contribution is 2.40. The van der Waals surface area contributed by atoms with Crippen molar-refractivity contribution in [3.05, 3.63) is 121 Å². The van der Waals surface area contributed by atoms with E-state index in [2.05, 4.69) is 0 Å². The molecule has 0 N–H and O–H groups in total. The fraction of sp³-hybridized carbons (Fsp3) is 0.143.